The molecule has 0 bridgehead atoms. The highest BCUT2D eigenvalue weighted by atomic mass is 16.3. The van der Waals surface area contributed by atoms with Crippen molar-refractivity contribution >= 4 is 5.78 Å². The lowest BCUT2D eigenvalue weighted by Crippen LogP contribution is -1.98. The molecule has 3 nitrogen and oxygen atoms in total. The fourth-order valence-electron chi connectivity index (χ4n) is 1.11. The summed E-state index contributed by atoms with van der Waals surface area (Å²) >= 11 is 0. The summed E-state index contributed by atoms with van der Waals surface area (Å²) in [6.07, 6.45) is 1.12. The molecule has 0 aliphatic heterocycles. The number of carbonyl (C=O) groups is 1. The van der Waals surface area contributed by atoms with Crippen molar-refractivity contribution in [2.45, 2.75) is 19.8 Å². The summed E-state index contributed by atoms with van der Waals surface area (Å²) in [7, 11) is 0. The first-order chi connectivity index (χ1) is 6.15. The smallest absolute Gasteiger partial charge is 0.166 e. The van der Waals surface area contributed by atoms with E-state index in [1.165, 1.54) is 18.2 Å². The van der Waals surface area contributed by atoms with E-state index in [-0.39, 0.29) is 22.8 Å². The Kier molecular flexibility index (Phi) is 2.90. The monoisotopic (exact) mass is 180 g/mol. The molecule has 3 heteroatoms. The van der Waals surface area contributed by atoms with Gasteiger partial charge in [-0.05, 0) is 24.6 Å². The number of ketones is 1. The third-order valence-corrected chi connectivity index (χ3v) is 1.76. The van der Waals surface area contributed by atoms with Gasteiger partial charge in [-0.15, -0.1) is 0 Å². The molecule has 2 N–H and O–H groups in total. The molecule has 0 spiro atoms. The van der Waals surface area contributed by atoms with Crippen molar-refractivity contribution in [3.63, 3.8) is 0 Å². The van der Waals surface area contributed by atoms with Crippen LogP contribution in [0.25, 0.3) is 0 Å². The Labute approximate surface area is 76.6 Å². The third-order valence-electron chi connectivity index (χ3n) is 1.76. The van der Waals surface area contributed by atoms with Gasteiger partial charge in [0.1, 0.15) is 11.5 Å². The van der Waals surface area contributed by atoms with Crippen LogP contribution in [0.15, 0.2) is 18.2 Å². The maximum Gasteiger partial charge on any atom is 0.166 e. The number of carbonyl (C=O) groups excluding carboxylic acids is 1. The number of aromatic hydroxyl groups is 2. The SMILES string of the molecule is CCCC(=O)c1cc(O)ccc1O. The molecule has 1 aromatic rings. The molecule has 0 heterocycles. The highest BCUT2D eigenvalue weighted by Crippen LogP contribution is 2.23. The third kappa shape index (κ3) is 2.21. The minimum absolute atomic E-state index is 0.00254. The molecule has 1 aromatic carbocycles. The van der Waals surface area contributed by atoms with Gasteiger partial charge in [0.15, 0.2) is 5.78 Å². The number of hydrogen-bond donors (Lipinski definition) is 2. The summed E-state index contributed by atoms with van der Waals surface area (Å²) < 4.78 is 0. The van der Waals surface area contributed by atoms with E-state index in [9.17, 15) is 9.90 Å². The van der Waals surface area contributed by atoms with E-state index >= 15 is 0 Å². The van der Waals surface area contributed by atoms with Crippen LogP contribution in [0.4, 0.5) is 0 Å². The van der Waals surface area contributed by atoms with Crippen LogP contribution in [0.3, 0.4) is 0 Å². The van der Waals surface area contributed by atoms with Crippen LogP contribution in [0.2, 0.25) is 0 Å². The van der Waals surface area contributed by atoms with Crippen LogP contribution in [0.1, 0.15) is 30.1 Å². The highest BCUT2D eigenvalue weighted by molar-refractivity contribution is 5.98. The van der Waals surface area contributed by atoms with Crippen molar-refractivity contribution < 1.29 is 15.0 Å². The van der Waals surface area contributed by atoms with Crippen molar-refractivity contribution in [1.82, 2.24) is 0 Å². The van der Waals surface area contributed by atoms with Crippen LogP contribution >= 0.6 is 0 Å². The van der Waals surface area contributed by atoms with E-state index in [4.69, 9.17) is 5.11 Å². The fourth-order valence-corrected chi connectivity index (χ4v) is 1.11. The number of phenols is 2. The second-order valence-electron chi connectivity index (χ2n) is 2.87. The van der Waals surface area contributed by atoms with Gasteiger partial charge < -0.3 is 10.2 Å². The fraction of sp³-hybridized carbons (Fsp3) is 0.300. The number of benzene rings is 1. The summed E-state index contributed by atoms with van der Waals surface area (Å²) in [6, 6.07) is 3.95. The Morgan fingerprint density at radius 2 is 2.08 bits per heavy atom. The zero-order valence-electron chi connectivity index (χ0n) is 7.45. The predicted octanol–water partition coefficient (Wildman–Crippen LogP) is 2.08. The first-order valence-corrected chi connectivity index (χ1v) is 4.20. The van der Waals surface area contributed by atoms with Gasteiger partial charge >= 0.3 is 0 Å². The van der Waals surface area contributed by atoms with Gasteiger partial charge in [-0.1, -0.05) is 6.92 Å². The minimum Gasteiger partial charge on any atom is -0.508 e. The summed E-state index contributed by atoms with van der Waals surface area (Å²) in [5.74, 6) is -0.218. The van der Waals surface area contributed by atoms with Gasteiger partial charge in [0.05, 0.1) is 5.56 Å². The second-order valence-corrected chi connectivity index (χ2v) is 2.87. The molecule has 0 atom stereocenters. The molecular weight excluding hydrogens is 168 g/mol. The van der Waals surface area contributed by atoms with Crippen molar-refractivity contribution in [1.29, 1.82) is 0 Å². The average molecular weight is 180 g/mol. The van der Waals surface area contributed by atoms with Crippen LogP contribution in [0, 0.1) is 0 Å². The van der Waals surface area contributed by atoms with Gasteiger partial charge in [-0.25, -0.2) is 0 Å². The van der Waals surface area contributed by atoms with Gasteiger partial charge in [0.2, 0.25) is 0 Å². The largest absolute Gasteiger partial charge is 0.508 e. The molecule has 1 rings (SSSR count). The first-order valence-electron chi connectivity index (χ1n) is 4.20. The summed E-state index contributed by atoms with van der Waals surface area (Å²) in [5, 5.41) is 18.4. The topological polar surface area (TPSA) is 57.5 Å². The Balaban J connectivity index is 2.99. The summed E-state index contributed by atoms with van der Waals surface area (Å²) in [6.45, 7) is 1.89. The van der Waals surface area contributed by atoms with Crippen LogP contribution < -0.4 is 0 Å². The molecule has 0 unspecified atom stereocenters. The standard InChI is InChI=1S/C10H12O3/c1-2-3-9(12)8-6-7(11)4-5-10(8)13/h4-6,11,13H,2-3H2,1H3. The van der Waals surface area contributed by atoms with E-state index in [1.807, 2.05) is 6.92 Å². The number of hydrogen-bond acceptors (Lipinski definition) is 3. The Hall–Kier alpha value is -1.51. The average Bonchev–Trinajstić information content (AvgIpc) is 2.09. The quantitative estimate of drug-likeness (QED) is 0.553. The van der Waals surface area contributed by atoms with E-state index in [2.05, 4.69) is 0 Å². The maximum atomic E-state index is 11.3. The van der Waals surface area contributed by atoms with Gasteiger partial charge in [-0.3, -0.25) is 4.79 Å². The highest BCUT2D eigenvalue weighted by Gasteiger charge is 2.10. The molecule has 70 valence electrons. The lowest BCUT2D eigenvalue weighted by Gasteiger charge is -2.02. The molecular formula is C10H12O3. The Morgan fingerprint density at radius 3 is 2.69 bits per heavy atom. The van der Waals surface area contributed by atoms with Gasteiger partial charge in [-0.2, -0.15) is 0 Å². The van der Waals surface area contributed by atoms with Crippen molar-refractivity contribution in [2.75, 3.05) is 0 Å². The number of Topliss-reactive ketones (excluding diaryl/α,β-unsaturated/α-hetero) is 1. The number of phenolic OH excluding ortho intramolecular Hbond substituents is 2. The molecule has 0 saturated heterocycles. The minimum atomic E-state index is -0.143. The van der Waals surface area contributed by atoms with E-state index in [1.54, 1.807) is 0 Å². The second kappa shape index (κ2) is 3.94. The van der Waals surface area contributed by atoms with Crippen molar-refractivity contribution in [2.24, 2.45) is 0 Å². The molecule has 0 aromatic heterocycles. The molecule has 0 radical (unpaired) electrons. The first kappa shape index (κ1) is 9.58. The van der Waals surface area contributed by atoms with Crippen molar-refractivity contribution in [3.8, 4) is 11.5 Å². The zero-order chi connectivity index (χ0) is 9.84. The van der Waals surface area contributed by atoms with Crippen LogP contribution in [-0.2, 0) is 0 Å². The molecule has 13 heavy (non-hydrogen) atoms. The van der Waals surface area contributed by atoms with E-state index in [0.29, 0.717) is 6.42 Å². The van der Waals surface area contributed by atoms with Crippen molar-refractivity contribution in [3.05, 3.63) is 23.8 Å². The molecule has 0 aliphatic rings. The van der Waals surface area contributed by atoms with E-state index in [0.717, 1.165) is 6.42 Å². The normalized spacial score (nSPS) is 9.92. The van der Waals surface area contributed by atoms with Crippen LogP contribution in [-0.4, -0.2) is 16.0 Å². The Morgan fingerprint density at radius 1 is 1.38 bits per heavy atom. The lowest BCUT2D eigenvalue weighted by atomic mass is 10.1. The van der Waals surface area contributed by atoms with E-state index < -0.39 is 0 Å². The van der Waals surface area contributed by atoms with Crippen LogP contribution in [0.5, 0.6) is 11.5 Å². The lowest BCUT2D eigenvalue weighted by molar-refractivity contribution is 0.0979. The molecule has 0 saturated carbocycles. The predicted molar refractivity (Wildman–Crippen MR) is 49.0 cm³/mol. The molecule has 0 aliphatic carbocycles. The summed E-state index contributed by atoms with van der Waals surface area (Å²) in [4.78, 5) is 11.3. The summed E-state index contributed by atoms with van der Waals surface area (Å²) in [5.41, 5.74) is 0.196. The Bertz CT molecular complexity index is 318. The number of rotatable bonds is 3. The van der Waals surface area contributed by atoms with Gasteiger partial charge in [0.25, 0.3) is 0 Å². The zero-order valence-corrected chi connectivity index (χ0v) is 7.45. The maximum absolute atomic E-state index is 11.3. The molecule has 0 amide bonds. The molecule has 0 fully saturated rings. The van der Waals surface area contributed by atoms with Gasteiger partial charge in [0, 0.05) is 6.42 Å².